The van der Waals surface area contributed by atoms with Crippen molar-refractivity contribution in [2.75, 3.05) is 51.3 Å². The van der Waals surface area contributed by atoms with Gasteiger partial charge in [0.25, 0.3) is 0 Å². The minimum absolute atomic E-state index is 0.152. The molecule has 0 unspecified atom stereocenters. The third-order valence-corrected chi connectivity index (χ3v) is 10.1. The molecule has 3 aliphatic rings. The molecule has 1 aromatic heterocycles. The number of halogens is 6. The van der Waals surface area contributed by atoms with E-state index < -0.39 is 59.1 Å². The number of hydrogen-bond donors (Lipinski definition) is 3. The second-order valence-corrected chi connectivity index (χ2v) is 13.4. The summed E-state index contributed by atoms with van der Waals surface area (Å²) in [4.78, 5) is 47.6. The zero-order chi connectivity index (χ0) is 34.3. The van der Waals surface area contributed by atoms with Crippen molar-refractivity contribution >= 4 is 40.7 Å². The largest absolute Gasteiger partial charge is 0.418 e. The molecule has 4 heterocycles. The van der Waals surface area contributed by atoms with Crippen molar-refractivity contribution in [1.29, 1.82) is 0 Å². The molecule has 0 spiro atoms. The van der Waals surface area contributed by atoms with E-state index in [2.05, 4.69) is 10.6 Å². The van der Waals surface area contributed by atoms with Gasteiger partial charge >= 0.3 is 24.4 Å². The number of rotatable bonds is 6. The molecule has 1 atom stereocenters. The van der Waals surface area contributed by atoms with Gasteiger partial charge in [0.15, 0.2) is 0 Å². The number of urea groups is 2. The minimum atomic E-state index is -5.18. The summed E-state index contributed by atoms with van der Waals surface area (Å²) < 4.78 is 82.5. The first-order chi connectivity index (χ1) is 22.0. The van der Waals surface area contributed by atoms with Crippen LogP contribution in [-0.4, -0.2) is 96.0 Å². The number of alkyl halides is 6. The van der Waals surface area contributed by atoms with Gasteiger partial charge in [-0.1, -0.05) is 0 Å². The fourth-order valence-electron chi connectivity index (χ4n) is 6.46. The van der Waals surface area contributed by atoms with Crippen molar-refractivity contribution in [3.05, 3.63) is 45.1 Å². The molecular formula is C30H37F6N7O3S. The van der Waals surface area contributed by atoms with Crippen molar-refractivity contribution < 1.29 is 40.7 Å². The molecule has 258 valence electrons. The lowest BCUT2D eigenvalue weighted by atomic mass is 9.96. The highest BCUT2D eigenvalue weighted by molar-refractivity contribution is 7.10. The lowest BCUT2D eigenvalue weighted by Gasteiger charge is -2.40. The molecule has 2 aromatic rings. The van der Waals surface area contributed by atoms with Gasteiger partial charge in [-0.15, -0.1) is 11.3 Å². The fraction of sp³-hybridized carbons (Fsp3) is 0.567. The first-order valence-corrected chi connectivity index (χ1v) is 16.1. The number of nitrogens with one attached hydrogen (secondary N) is 2. The van der Waals surface area contributed by atoms with Crippen LogP contribution in [0.2, 0.25) is 0 Å². The molecule has 2 saturated heterocycles. The lowest BCUT2D eigenvalue weighted by Crippen LogP contribution is -2.57. The van der Waals surface area contributed by atoms with Gasteiger partial charge < -0.3 is 36.0 Å². The van der Waals surface area contributed by atoms with Gasteiger partial charge in [-0.2, -0.15) is 26.3 Å². The summed E-state index contributed by atoms with van der Waals surface area (Å²) in [6.07, 6.45) is -8.86. The minimum Gasteiger partial charge on any atom is -0.398 e. The van der Waals surface area contributed by atoms with Crippen LogP contribution in [0.1, 0.15) is 47.3 Å². The maximum atomic E-state index is 13.8. The molecule has 0 saturated carbocycles. The molecule has 5 rings (SSSR count). The van der Waals surface area contributed by atoms with Crippen LogP contribution >= 0.6 is 11.3 Å². The molecule has 3 aliphatic heterocycles. The molecular weight excluding hydrogens is 652 g/mol. The number of nitrogens with zero attached hydrogens (tertiary/aromatic N) is 4. The monoisotopic (exact) mass is 689 g/mol. The molecule has 2 fully saturated rings. The van der Waals surface area contributed by atoms with Crippen LogP contribution in [0.25, 0.3) is 0 Å². The second-order valence-electron chi connectivity index (χ2n) is 12.4. The Morgan fingerprint density at radius 3 is 2.13 bits per heavy atom. The Bertz CT molecular complexity index is 1450. The molecule has 0 radical (unpaired) electrons. The van der Waals surface area contributed by atoms with E-state index in [4.69, 9.17) is 5.73 Å². The van der Waals surface area contributed by atoms with Gasteiger partial charge in [-0.3, -0.25) is 4.79 Å². The van der Waals surface area contributed by atoms with Gasteiger partial charge in [0.05, 0.1) is 29.0 Å². The standard InChI is InChI=1S/C30H37F6N7O3S/c1-40(2)18-3-8-41(9-4-18)26(44)23(15-17-13-20(29(31,32)33)25(37)21(14-17)30(34,35)36)39-27(45)42-10-5-19(6-11-42)43-16-24-22(7-12-47-24)38-28(43)46/h7,12-14,18-19,23H,3-6,8-11,15-16,37H2,1-2H3,(H,38,46)(H,39,45)/t23-/m1/s1. The highest BCUT2D eigenvalue weighted by Crippen LogP contribution is 2.42. The Hall–Kier alpha value is -3.73. The first kappa shape index (κ1) is 34.6. The first-order valence-electron chi connectivity index (χ1n) is 15.2. The Morgan fingerprint density at radius 2 is 1.57 bits per heavy atom. The van der Waals surface area contributed by atoms with Crippen molar-refractivity contribution in [3.8, 4) is 0 Å². The summed E-state index contributed by atoms with van der Waals surface area (Å²) in [5.41, 5.74) is 0.877. The van der Waals surface area contributed by atoms with Crippen LogP contribution in [0.3, 0.4) is 0 Å². The van der Waals surface area contributed by atoms with Gasteiger partial charge in [0.2, 0.25) is 5.91 Å². The van der Waals surface area contributed by atoms with E-state index in [-0.39, 0.29) is 31.2 Å². The van der Waals surface area contributed by atoms with Gasteiger partial charge in [-0.25, -0.2) is 9.59 Å². The van der Waals surface area contributed by atoms with Crippen LogP contribution in [-0.2, 0) is 30.1 Å². The Labute approximate surface area is 271 Å². The summed E-state index contributed by atoms with van der Waals surface area (Å²) >= 11 is 1.53. The SMILES string of the molecule is CN(C)C1CCN(C(=O)[C@@H](Cc2cc(C(F)(F)F)c(N)c(C(F)(F)F)c2)NC(=O)N2CCC(N3Cc4sccc4NC3=O)CC2)CC1. The summed E-state index contributed by atoms with van der Waals surface area (Å²) in [6.45, 7) is 1.52. The highest BCUT2D eigenvalue weighted by atomic mass is 32.1. The predicted molar refractivity (Wildman–Crippen MR) is 164 cm³/mol. The lowest BCUT2D eigenvalue weighted by molar-refractivity contribution is -0.141. The molecule has 47 heavy (non-hydrogen) atoms. The third-order valence-electron chi connectivity index (χ3n) is 9.15. The van der Waals surface area contributed by atoms with E-state index in [1.54, 1.807) is 4.90 Å². The number of anilines is 2. The van der Waals surface area contributed by atoms with E-state index in [1.807, 2.05) is 30.4 Å². The van der Waals surface area contributed by atoms with Crippen molar-refractivity contribution in [2.24, 2.45) is 0 Å². The number of piperidine rings is 2. The number of carbonyl (C=O) groups excluding carboxylic acids is 3. The van der Waals surface area contributed by atoms with E-state index >= 15 is 0 Å². The number of fused-ring (bicyclic) bond motifs is 1. The number of benzene rings is 1. The topological polar surface area (TPSA) is 114 Å². The third kappa shape index (κ3) is 7.71. The van der Waals surface area contributed by atoms with E-state index in [1.165, 1.54) is 21.1 Å². The molecule has 5 amide bonds. The van der Waals surface area contributed by atoms with E-state index in [0.717, 1.165) is 10.6 Å². The summed E-state index contributed by atoms with van der Waals surface area (Å²) in [5, 5.41) is 7.36. The van der Waals surface area contributed by atoms with Gasteiger partial charge in [-0.05, 0) is 68.9 Å². The summed E-state index contributed by atoms with van der Waals surface area (Å²) in [6, 6.07) is 0.546. The number of likely N-dealkylation sites (tertiary alicyclic amines) is 2. The zero-order valence-corrected chi connectivity index (χ0v) is 26.7. The molecule has 1 aromatic carbocycles. The summed E-state index contributed by atoms with van der Waals surface area (Å²) in [7, 11) is 3.81. The van der Waals surface area contributed by atoms with Crippen LogP contribution in [0.5, 0.6) is 0 Å². The average Bonchev–Trinajstić information content (AvgIpc) is 3.47. The van der Waals surface area contributed by atoms with Crippen LogP contribution in [0, 0.1) is 0 Å². The van der Waals surface area contributed by atoms with Gasteiger partial charge in [0, 0.05) is 49.6 Å². The Balaban J connectivity index is 1.33. The Kier molecular flexibility index (Phi) is 9.87. The Morgan fingerprint density at radius 1 is 1.00 bits per heavy atom. The number of hydrogen-bond acceptors (Lipinski definition) is 6. The average molecular weight is 690 g/mol. The predicted octanol–water partition coefficient (Wildman–Crippen LogP) is 5.05. The van der Waals surface area contributed by atoms with Crippen LogP contribution < -0.4 is 16.4 Å². The number of carbonyl (C=O) groups is 3. The maximum Gasteiger partial charge on any atom is 0.418 e. The molecule has 4 N–H and O–H groups in total. The number of nitrogens with two attached hydrogens (primary N) is 1. The van der Waals surface area contributed by atoms with Gasteiger partial charge in [0.1, 0.15) is 6.04 Å². The van der Waals surface area contributed by atoms with Crippen molar-refractivity contribution in [3.63, 3.8) is 0 Å². The molecule has 10 nitrogen and oxygen atoms in total. The zero-order valence-electron chi connectivity index (χ0n) is 25.9. The quantitative estimate of drug-likeness (QED) is 0.290. The normalized spacial score (nSPS) is 19.1. The van der Waals surface area contributed by atoms with E-state index in [9.17, 15) is 40.7 Å². The number of thiophene rings is 1. The van der Waals surface area contributed by atoms with E-state index in [0.29, 0.717) is 57.5 Å². The smallest absolute Gasteiger partial charge is 0.398 e. The second kappa shape index (κ2) is 13.4. The maximum absolute atomic E-state index is 13.8. The van der Waals surface area contributed by atoms with Crippen LogP contribution in [0.15, 0.2) is 23.6 Å². The van der Waals surface area contributed by atoms with Crippen LogP contribution in [0.4, 0.5) is 47.3 Å². The molecule has 17 heteroatoms. The summed E-state index contributed by atoms with van der Waals surface area (Å²) in [5.74, 6) is -0.596. The van der Waals surface area contributed by atoms with Crippen molar-refractivity contribution in [2.45, 2.75) is 69.1 Å². The highest BCUT2D eigenvalue weighted by Gasteiger charge is 2.42. The molecule has 0 aliphatic carbocycles. The van der Waals surface area contributed by atoms with Crippen molar-refractivity contribution in [1.82, 2.24) is 24.9 Å². The molecule has 0 bridgehead atoms. The fourth-order valence-corrected chi connectivity index (χ4v) is 7.29. The number of nitrogen functional groups attached to an aromatic ring is 1. The number of amides is 5.